The van der Waals surface area contributed by atoms with Gasteiger partial charge in [-0.05, 0) is 65.4 Å². The maximum absolute atomic E-state index is 13.7. The van der Waals surface area contributed by atoms with Crippen LogP contribution in [0.5, 0.6) is 0 Å². The molecular formula is C31H36ClN3O3. The molecule has 3 aromatic carbocycles. The van der Waals surface area contributed by atoms with E-state index in [-0.39, 0.29) is 17.7 Å². The molecule has 2 amide bonds. The molecule has 0 spiro atoms. The van der Waals surface area contributed by atoms with Crippen LogP contribution in [0.25, 0.3) is 11.1 Å². The molecule has 6 nitrogen and oxygen atoms in total. The van der Waals surface area contributed by atoms with Gasteiger partial charge in [0.15, 0.2) is 0 Å². The number of benzene rings is 3. The summed E-state index contributed by atoms with van der Waals surface area (Å²) < 4.78 is 0. The standard InChI is InChI=1S/C31H36ClN3O3/c1-20(2)27(34-28(36)23-9-5-7-21(17-23)22-8-6-10-26(33)18-22)29(37)35-16-15-31(38,30(3,4)19-35)24-11-13-25(32)14-12-24/h5-14,17-18,20,27,38H,15-16,19,33H2,1-4H3,(H,34,36)/t27-,31+/m1/s1. The molecule has 0 aliphatic carbocycles. The third-order valence-electron chi connectivity index (χ3n) is 7.65. The van der Waals surface area contributed by atoms with Gasteiger partial charge in [0.25, 0.3) is 5.91 Å². The number of hydrogen-bond acceptors (Lipinski definition) is 4. The topological polar surface area (TPSA) is 95.7 Å². The van der Waals surface area contributed by atoms with Crippen LogP contribution in [0.15, 0.2) is 72.8 Å². The molecule has 0 saturated carbocycles. The van der Waals surface area contributed by atoms with Gasteiger partial charge in [0, 0.05) is 34.8 Å². The van der Waals surface area contributed by atoms with E-state index < -0.39 is 17.1 Å². The third kappa shape index (κ3) is 5.57. The van der Waals surface area contributed by atoms with E-state index in [9.17, 15) is 14.7 Å². The van der Waals surface area contributed by atoms with Crippen LogP contribution < -0.4 is 11.1 Å². The van der Waals surface area contributed by atoms with Crippen molar-refractivity contribution in [3.63, 3.8) is 0 Å². The minimum absolute atomic E-state index is 0.122. The van der Waals surface area contributed by atoms with Crippen LogP contribution in [-0.4, -0.2) is 41.0 Å². The monoisotopic (exact) mass is 533 g/mol. The van der Waals surface area contributed by atoms with Crippen molar-refractivity contribution in [1.29, 1.82) is 0 Å². The molecule has 200 valence electrons. The van der Waals surface area contributed by atoms with Gasteiger partial charge >= 0.3 is 0 Å². The number of hydrogen-bond donors (Lipinski definition) is 3. The van der Waals surface area contributed by atoms with Gasteiger partial charge in [-0.3, -0.25) is 9.59 Å². The van der Waals surface area contributed by atoms with E-state index in [1.54, 1.807) is 23.1 Å². The summed E-state index contributed by atoms with van der Waals surface area (Å²) in [5.74, 6) is -0.577. The third-order valence-corrected chi connectivity index (χ3v) is 7.90. The number of rotatable bonds is 6. The molecule has 4 rings (SSSR count). The predicted molar refractivity (Wildman–Crippen MR) is 153 cm³/mol. The van der Waals surface area contributed by atoms with Gasteiger partial charge in [0.1, 0.15) is 6.04 Å². The van der Waals surface area contributed by atoms with Gasteiger partial charge in [-0.2, -0.15) is 0 Å². The molecule has 38 heavy (non-hydrogen) atoms. The van der Waals surface area contributed by atoms with Crippen molar-refractivity contribution in [3.05, 3.63) is 88.9 Å². The highest BCUT2D eigenvalue weighted by molar-refractivity contribution is 6.30. The fourth-order valence-electron chi connectivity index (χ4n) is 5.26. The zero-order valence-corrected chi connectivity index (χ0v) is 23.1. The Morgan fingerprint density at radius 2 is 1.63 bits per heavy atom. The normalized spacial score (nSPS) is 19.7. The molecule has 1 heterocycles. The fraction of sp³-hybridized carbons (Fsp3) is 0.355. The molecule has 1 saturated heterocycles. The van der Waals surface area contributed by atoms with E-state index in [1.165, 1.54) is 0 Å². The van der Waals surface area contributed by atoms with Crippen LogP contribution in [0.1, 0.15) is 50.0 Å². The van der Waals surface area contributed by atoms with E-state index >= 15 is 0 Å². The Bertz CT molecular complexity index is 1320. The lowest BCUT2D eigenvalue weighted by atomic mass is 9.66. The van der Waals surface area contributed by atoms with Crippen molar-refractivity contribution < 1.29 is 14.7 Å². The molecule has 0 radical (unpaired) electrons. The molecule has 2 atom stereocenters. The highest BCUT2D eigenvalue weighted by Crippen LogP contribution is 2.46. The second kappa shape index (κ2) is 10.8. The van der Waals surface area contributed by atoms with E-state index in [0.29, 0.717) is 35.8 Å². The van der Waals surface area contributed by atoms with Gasteiger partial charge in [-0.25, -0.2) is 0 Å². The van der Waals surface area contributed by atoms with Crippen molar-refractivity contribution in [3.8, 4) is 11.1 Å². The number of nitrogen functional groups attached to an aromatic ring is 1. The Labute approximate surface area is 229 Å². The number of nitrogens with two attached hydrogens (primary N) is 1. The molecule has 1 fully saturated rings. The van der Waals surface area contributed by atoms with Crippen molar-refractivity contribution in [2.45, 2.75) is 45.8 Å². The summed E-state index contributed by atoms with van der Waals surface area (Å²) in [6.45, 7) is 8.51. The highest BCUT2D eigenvalue weighted by atomic mass is 35.5. The number of likely N-dealkylation sites (tertiary alicyclic amines) is 1. The summed E-state index contributed by atoms with van der Waals surface area (Å²) in [5, 5.41) is 15.3. The first-order valence-electron chi connectivity index (χ1n) is 13.0. The number of halogens is 1. The first-order chi connectivity index (χ1) is 17.9. The van der Waals surface area contributed by atoms with E-state index in [2.05, 4.69) is 5.32 Å². The van der Waals surface area contributed by atoms with E-state index in [1.807, 2.05) is 82.3 Å². The summed E-state index contributed by atoms with van der Waals surface area (Å²) in [5.41, 5.74) is 7.90. The highest BCUT2D eigenvalue weighted by Gasteiger charge is 2.50. The lowest BCUT2D eigenvalue weighted by Gasteiger charge is -2.51. The van der Waals surface area contributed by atoms with Crippen LogP contribution in [0, 0.1) is 11.3 Å². The SMILES string of the molecule is CC(C)[C@@H](NC(=O)c1cccc(-c2cccc(N)c2)c1)C(=O)N1CC[C@](O)(c2ccc(Cl)cc2)C(C)(C)C1. The Kier molecular flexibility index (Phi) is 7.86. The number of nitrogens with one attached hydrogen (secondary N) is 1. The van der Waals surface area contributed by atoms with Crippen molar-refractivity contribution >= 4 is 29.1 Å². The fourth-order valence-corrected chi connectivity index (χ4v) is 5.39. The van der Waals surface area contributed by atoms with Crippen molar-refractivity contribution in [2.75, 3.05) is 18.8 Å². The number of amides is 2. The largest absolute Gasteiger partial charge is 0.399 e. The molecular weight excluding hydrogens is 498 g/mol. The smallest absolute Gasteiger partial charge is 0.251 e. The molecule has 0 aromatic heterocycles. The second-order valence-electron chi connectivity index (χ2n) is 11.2. The van der Waals surface area contributed by atoms with Gasteiger partial charge in [-0.15, -0.1) is 0 Å². The van der Waals surface area contributed by atoms with Crippen LogP contribution in [-0.2, 0) is 10.4 Å². The lowest BCUT2D eigenvalue weighted by Crippen LogP contribution is -2.60. The maximum atomic E-state index is 13.7. The number of carbonyl (C=O) groups excluding carboxylic acids is 2. The Hall–Kier alpha value is -3.35. The van der Waals surface area contributed by atoms with Crippen LogP contribution >= 0.6 is 11.6 Å². The molecule has 1 aliphatic heterocycles. The van der Waals surface area contributed by atoms with Gasteiger partial charge < -0.3 is 21.1 Å². The van der Waals surface area contributed by atoms with Gasteiger partial charge in [0.05, 0.1) is 5.60 Å². The summed E-state index contributed by atoms with van der Waals surface area (Å²) in [4.78, 5) is 28.8. The predicted octanol–water partition coefficient (Wildman–Crippen LogP) is 5.49. The zero-order valence-electron chi connectivity index (χ0n) is 22.4. The second-order valence-corrected chi connectivity index (χ2v) is 11.6. The Morgan fingerprint density at radius 1 is 1.00 bits per heavy atom. The minimum atomic E-state index is -1.10. The van der Waals surface area contributed by atoms with E-state index in [4.69, 9.17) is 17.3 Å². The molecule has 0 unspecified atom stereocenters. The summed E-state index contributed by atoms with van der Waals surface area (Å²) in [6, 6.07) is 21.3. The Morgan fingerprint density at radius 3 is 2.24 bits per heavy atom. The van der Waals surface area contributed by atoms with Gasteiger partial charge in [0.2, 0.25) is 5.91 Å². The van der Waals surface area contributed by atoms with E-state index in [0.717, 1.165) is 16.7 Å². The van der Waals surface area contributed by atoms with Crippen molar-refractivity contribution in [2.24, 2.45) is 11.3 Å². The number of aliphatic hydroxyl groups is 1. The summed E-state index contributed by atoms with van der Waals surface area (Å²) >= 11 is 6.05. The van der Waals surface area contributed by atoms with Crippen LogP contribution in [0.4, 0.5) is 5.69 Å². The average Bonchev–Trinajstić information content (AvgIpc) is 2.88. The molecule has 4 N–H and O–H groups in total. The lowest BCUT2D eigenvalue weighted by molar-refractivity contribution is -0.155. The van der Waals surface area contributed by atoms with Crippen molar-refractivity contribution in [1.82, 2.24) is 10.2 Å². The first-order valence-corrected chi connectivity index (χ1v) is 13.3. The average molecular weight is 534 g/mol. The molecule has 7 heteroatoms. The molecule has 1 aliphatic rings. The Balaban J connectivity index is 1.50. The quantitative estimate of drug-likeness (QED) is 0.365. The zero-order chi connectivity index (χ0) is 27.7. The number of anilines is 1. The molecule has 0 bridgehead atoms. The first kappa shape index (κ1) is 27.7. The van der Waals surface area contributed by atoms with Gasteiger partial charge in [-0.1, -0.05) is 75.7 Å². The van der Waals surface area contributed by atoms with Crippen LogP contribution in [0.3, 0.4) is 0 Å². The number of nitrogens with zero attached hydrogens (tertiary/aromatic N) is 1. The van der Waals surface area contributed by atoms with Crippen LogP contribution in [0.2, 0.25) is 5.02 Å². The summed E-state index contributed by atoms with van der Waals surface area (Å²) in [6.07, 6.45) is 0.383. The molecule has 3 aromatic rings. The summed E-state index contributed by atoms with van der Waals surface area (Å²) in [7, 11) is 0. The number of piperidine rings is 1. The maximum Gasteiger partial charge on any atom is 0.251 e. The minimum Gasteiger partial charge on any atom is -0.399 e. The number of carbonyl (C=O) groups is 2.